The van der Waals surface area contributed by atoms with E-state index in [0.29, 0.717) is 12.1 Å². The molecule has 150 valence electrons. The number of nitrogens with zero attached hydrogens (tertiary/aromatic N) is 2. The van der Waals surface area contributed by atoms with Gasteiger partial charge in [-0.25, -0.2) is 0 Å². The highest BCUT2D eigenvalue weighted by atomic mass is 15.2. The van der Waals surface area contributed by atoms with Crippen LogP contribution in [0.25, 0.3) is 10.9 Å². The van der Waals surface area contributed by atoms with Crippen LogP contribution in [0.1, 0.15) is 41.3 Å². The van der Waals surface area contributed by atoms with E-state index in [9.17, 15) is 0 Å². The molecular formula is C28H28N2. The molecule has 1 saturated heterocycles. The van der Waals surface area contributed by atoms with Crippen LogP contribution in [0.15, 0.2) is 84.9 Å². The Morgan fingerprint density at radius 1 is 0.733 bits per heavy atom. The van der Waals surface area contributed by atoms with Crippen LogP contribution in [-0.4, -0.2) is 15.5 Å². The number of hydrogen-bond acceptors (Lipinski definition) is 1. The summed E-state index contributed by atoms with van der Waals surface area (Å²) in [5.41, 5.74) is 7.50. The monoisotopic (exact) mass is 392 g/mol. The van der Waals surface area contributed by atoms with Gasteiger partial charge in [0.2, 0.25) is 0 Å². The predicted octanol–water partition coefficient (Wildman–Crippen LogP) is 6.15. The smallest absolute Gasteiger partial charge is 0.0486 e. The highest BCUT2D eigenvalue weighted by Crippen LogP contribution is 2.48. The molecule has 0 amide bonds. The number of aromatic nitrogens is 1. The average molecular weight is 393 g/mol. The van der Waals surface area contributed by atoms with Gasteiger partial charge in [0.15, 0.2) is 0 Å². The first-order chi connectivity index (χ1) is 14.9. The molecule has 2 atom stereocenters. The quantitative estimate of drug-likeness (QED) is 0.396. The zero-order valence-electron chi connectivity index (χ0n) is 17.4. The molecule has 0 radical (unpaired) electrons. The van der Waals surface area contributed by atoms with E-state index in [1.807, 2.05) is 0 Å². The van der Waals surface area contributed by atoms with Crippen LogP contribution in [0.4, 0.5) is 0 Å². The van der Waals surface area contributed by atoms with Crippen molar-refractivity contribution >= 4 is 10.9 Å². The molecule has 1 fully saturated rings. The molecule has 2 aliphatic rings. The first-order valence-corrected chi connectivity index (χ1v) is 11.3. The Balaban J connectivity index is 1.38. The predicted molar refractivity (Wildman–Crippen MR) is 124 cm³/mol. The van der Waals surface area contributed by atoms with Gasteiger partial charge in [-0.3, -0.25) is 4.90 Å². The zero-order valence-corrected chi connectivity index (χ0v) is 17.4. The highest BCUT2D eigenvalue weighted by Gasteiger charge is 2.42. The number of fused-ring (bicyclic) bond motifs is 6. The highest BCUT2D eigenvalue weighted by molar-refractivity contribution is 5.86. The van der Waals surface area contributed by atoms with Crippen LogP contribution in [0.2, 0.25) is 0 Å². The standard InChI is InChI=1S/C28H28N2/c1-3-9-21(10-4-1)17-18-29-25-14-8-7-13-24(25)28-26-16-15-23(19-27(28)29)30(26)20-22-11-5-2-6-12-22/h1-14,23,26H,15-20H2. The van der Waals surface area contributed by atoms with Crippen LogP contribution in [-0.2, 0) is 25.9 Å². The SMILES string of the molecule is c1ccc(CCn2c3c(c4ccccc42)C2CCC(C3)N2Cc2ccccc2)cc1. The lowest BCUT2D eigenvalue weighted by atomic mass is 9.96. The lowest BCUT2D eigenvalue weighted by molar-refractivity contribution is 0.167. The van der Waals surface area contributed by atoms with Gasteiger partial charge in [0.05, 0.1) is 0 Å². The number of benzene rings is 3. The van der Waals surface area contributed by atoms with Crippen molar-refractivity contribution in [2.24, 2.45) is 0 Å². The summed E-state index contributed by atoms with van der Waals surface area (Å²) in [5.74, 6) is 0. The molecule has 2 aliphatic heterocycles. The fourth-order valence-electron chi connectivity index (χ4n) is 5.84. The van der Waals surface area contributed by atoms with Crippen molar-refractivity contribution < 1.29 is 0 Å². The van der Waals surface area contributed by atoms with Crippen molar-refractivity contribution in [3.05, 3.63) is 107 Å². The minimum atomic E-state index is 0.557. The van der Waals surface area contributed by atoms with E-state index < -0.39 is 0 Å². The van der Waals surface area contributed by atoms with Crippen LogP contribution < -0.4 is 0 Å². The van der Waals surface area contributed by atoms with E-state index in [2.05, 4.69) is 94.4 Å². The van der Waals surface area contributed by atoms with Crippen LogP contribution in [0.5, 0.6) is 0 Å². The Morgan fingerprint density at radius 2 is 1.43 bits per heavy atom. The van der Waals surface area contributed by atoms with Gasteiger partial charge in [0, 0.05) is 48.2 Å². The molecule has 2 heteroatoms. The molecule has 3 aromatic carbocycles. The molecule has 2 nitrogen and oxygen atoms in total. The molecule has 3 heterocycles. The summed E-state index contributed by atoms with van der Waals surface area (Å²) in [6, 6.07) is 32.2. The summed E-state index contributed by atoms with van der Waals surface area (Å²) in [4.78, 5) is 2.78. The third-order valence-corrected chi connectivity index (χ3v) is 7.20. The zero-order chi connectivity index (χ0) is 19.9. The molecule has 1 aromatic heterocycles. The second-order valence-electron chi connectivity index (χ2n) is 8.87. The van der Waals surface area contributed by atoms with Gasteiger partial charge >= 0.3 is 0 Å². The van der Waals surface area contributed by atoms with Gasteiger partial charge in [0.1, 0.15) is 0 Å². The van der Waals surface area contributed by atoms with Gasteiger partial charge < -0.3 is 4.57 Å². The third-order valence-electron chi connectivity index (χ3n) is 7.20. The first-order valence-electron chi connectivity index (χ1n) is 11.3. The van der Waals surface area contributed by atoms with Gasteiger partial charge in [-0.1, -0.05) is 78.9 Å². The lowest BCUT2D eigenvalue weighted by Gasteiger charge is -2.36. The van der Waals surface area contributed by atoms with Gasteiger partial charge in [-0.15, -0.1) is 0 Å². The van der Waals surface area contributed by atoms with E-state index in [-0.39, 0.29) is 0 Å². The molecule has 4 aromatic rings. The van der Waals surface area contributed by atoms with E-state index in [0.717, 1.165) is 19.5 Å². The summed E-state index contributed by atoms with van der Waals surface area (Å²) in [5, 5.41) is 1.48. The Hall–Kier alpha value is -2.84. The van der Waals surface area contributed by atoms with Gasteiger partial charge in [0.25, 0.3) is 0 Å². The fourth-order valence-corrected chi connectivity index (χ4v) is 5.84. The van der Waals surface area contributed by atoms with Gasteiger partial charge in [-0.05, 0) is 42.0 Å². The van der Waals surface area contributed by atoms with Crippen LogP contribution >= 0.6 is 0 Å². The molecule has 0 saturated carbocycles. The Morgan fingerprint density at radius 3 is 2.23 bits per heavy atom. The van der Waals surface area contributed by atoms with Crippen molar-refractivity contribution in [2.45, 2.75) is 50.9 Å². The number of rotatable bonds is 5. The molecule has 2 bridgehead atoms. The van der Waals surface area contributed by atoms with Crippen molar-refractivity contribution in [1.29, 1.82) is 0 Å². The summed E-state index contributed by atoms with van der Waals surface area (Å²) in [7, 11) is 0. The lowest BCUT2D eigenvalue weighted by Crippen LogP contribution is -2.37. The second-order valence-corrected chi connectivity index (χ2v) is 8.87. The first kappa shape index (κ1) is 18.0. The van der Waals surface area contributed by atoms with Crippen molar-refractivity contribution in [2.75, 3.05) is 0 Å². The summed E-state index contributed by atoms with van der Waals surface area (Å²) in [6.07, 6.45) is 4.88. The van der Waals surface area contributed by atoms with Gasteiger partial charge in [-0.2, -0.15) is 0 Å². The third kappa shape index (κ3) is 2.98. The van der Waals surface area contributed by atoms with E-state index in [1.165, 1.54) is 41.3 Å². The van der Waals surface area contributed by atoms with Crippen molar-refractivity contribution in [1.82, 2.24) is 9.47 Å². The molecular weight excluding hydrogens is 364 g/mol. The number of para-hydroxylation sites is 1. The summed E-state index contributed by atoms with van der Waals surface area (Å²) in [6.45, 7) is 2.14. The maximum absolute atomic E-state index is 2.78. The topological polar surface area (TPSA) is 8.17 Å². The van der Waals surface area contributed by atoms with E-state index in [1.54, 1.807) is 11.3 Å². The second kappa shape index (κ2) is 7.45. The maximum atomic E-state index is 2.78. The molecule has 0 spiro atoms. The minimum Gasteiger partial charge on any atom is -0.344 e. The van der Waals surface area contributed by atoms with E-state index in [4.69, 9.17) is 0 Å². The van der Waals surface area contributed by atoms with E-state index >= 15 is 0 Å². The minimum absolute atomic E-state index is 0.557. The van der Waals surface area contributed by atoms with Crippen molar-refractivity contribution in [3.63, 3.8) is 0 Å². The molecule has 0 N–H and O–H groups in total. The summed E-state index contributed by atoms with van der Waals surface area (Å²) >= 11 is 0. The average Bonchev–Trinajstić information content (AvgIpc) is 3.25. The Kier molecular flexibility index (Phi) is 4.46. The molecule has 6 rings (SSSR count). The van der Waals surface area contributed by atoms with Crippen LogP contribution in [0.3, 0.4) is 0 Å². The Bertz CT molecular complexity index is 1160. The molecule has 30 heavy (non-hydrogen) atoms. The van der Waals surface area contributed by atoms with Crippen molar-refractivity contribution in [3.8, 4) is 0 Å². The molecule has 0 aliphatic carbocycles. The number of aryl methyl sites for hydroxylation is 2. The Labute approximate surface area is 178 Å². The fraction of sp³-hybridized carbons (Fsp3) is 0.286. The normalized spacial score (nSPS) is 20.5. The molecule has 2 unspecified atom stereocenters. The maximum Gasteiger partial charge on any atom is 0.0486 e. The summed E-state index contributed by atoms with van der Waals surface area (Å²) < 4.78 is 2.64. The van der Waals surface area contributed by atoms with Crippen LogP contribution in [0, 0.1) is 0 Å². The number of hydrogen-bond donors (Lipinski definition) is 0. The largest absolute Gasteiger partial charge is 0.344 e.